The second-order valence-corrected chi connectivity index (χ2v) is 7.45. The van der Waals surface area contributed by atoms with Crippen molar-refractivity contribution in [2.45, 2.75) is 38.2 Å². The molecule has 1 aromatic rings. The number of carbonyl (C=O) groups is 2. The van der Waals surface area contributed by atoms with Crippen LogP contribution in [0.2, 0.25) is 0 Å². The van der Waals surface area contributed by atoms with Crippen LogP contribution in [-0.4, -0.2) is 45.1 Å². The van der Waals surface area contributed by atoms with E-state index in [9.17, 15) is 23.9 Å². The average Bonchev–Trinajstić information content (AvgIpc) is 3.03. The number of rotatable bonds is 5. The van der Waals surface area contributed by atoms with Gasteiger partial charge in [0.15, 0.2) is 0 Å². The predicted octanol–water partition coefficient (Wildman–Crippen LogP) is 1.43. The van der Waals surface area contributed by atoms with E-state index in [-0.39, 0.29) is 19.6 Å². The minimum atomic E-state index is -4.39. The number of hydrogen-bond donors (Lipinski definition) is 3. The first-order valence-electron chi connectivity index (χ1n) is 7.62. The molecule has 0 radical (unpaired) electrons. The maximum atomic E-state index is 12.3. The van der Waals surface area contributed by atoms with Crippen molar-refractivity contribution in [3.05, 3.63) is 35.9 Å². The molecule has 1 aliphatic heterocycles. The lowest BCUT2D eigenvalue weighted by Crippen LogP contribution is -2.48. The molecule has 2 atom stereocenters. The second-order valence-electron chi connectivity index (χ2n) is 5.67. The lowest BCUT2D eigenvalue weighted by Gasteiger charge is -2.27. The zero-order chi connectivity index (χ0) is 17.7. The van der Waals surface area contributed by atoms with Gasteiger partial charge in [-0.3, -0.25) is 9.36 Å². The van der Waals surface area contributed by atoms with Gasteiger partial charge in [0.25, 0.3) is 0 Å². The van der Waals surface area contributed by atoms with E-state index in [0.717, 1.165) is 10.5 Å². The Morgan fingerprint density at radius 3 is 2.67 bits per heavy atom. The molecule has 1 aliphatic rings. The Hall–Kier alpha value is -1.89. The van der Waals surface area contributed by atoms with E-state index in [1.165, 1.54) is 6.92 Å². The van der Waals surface area contributed by atoms with Crippen molar-refractivity contribution in [2.24, 2.45) is 0 Å². The minimum Gasteiger partial charge on any atom is -0.445 e. The fourth-order valence-electron chi connectivity index (χ4n) is 2.61. The molecule has 1 fully saturated rings. The third kappa shape index (κ3) is 4.80. The normalized spacial score (nSPS) is 19.0. The van der Waals surface area contributed by atoms with Crippen LogP contribution < -0.4 is 5.32 Å². The van der Waals surface area contributed by atoms with Gasteiger partial charge in [-0.2, -0.15) is 0 Å². The van der Waals surface area contributed by atoms with Crippen LogP contribution in [0.15, 0.2) is 30.3 Å². The maximum Gasteiger partial charge on any atom is 0.408 e. The van der Waals surface area contributed by atoms with E-state index in [1.54, 1.807) is 12.1 Å². The van der Waals surface area contributed by atoms with Crippen molar-refractivity contribution in [1.82, 2.24) is 10.2 Å². The third-order valence-electron chi connectivity index (χ3n) is 3.81. The van der Waals surface area contributed by atoms with Crippen LogP contribution in [0.25, 0.3) is 0 Å². The van der Waals surface area contributed by atoms with Gasteiger partial charge in [-0.15, -0.1) is 0 Å². The van der Waals surface area contributed by atoms with Crippen LogP contribution in [0.5, 0.6) is 0 Å². The molecule has 0 aromatic heterocycles. The Kier molecular flexibility index (Phi) is 5.99. The fourth-order valence-corrected chi connectivity index (χ4v) is 3.72. The molecule has 1 aromatic carbocycles. The molecule has 1 unspecified atom stereocenters. The van der Waals surface area contributed by atoms with E-state index >= 15 is 0 Å². The van der Waals surface area contributed by atoms with Gasteiger partial charge in [-0.25, -0.2) is 4.79 Å². The summed E-state index contributed by atoms with van der Waals surface area (Å²) in [5.74, 6) is -1.65. The van der Waals surface area contributed by atoms with Crippen molar-refractivity contribution >= 4 is 19.6 Å². The van der Waals surface area contributed by atoms with Crippen LogP contribution in [0.1, 0.15) is 25.3 Å². The van der Waals surface area contributed by atoms with Crippen LogP contribution in [0, 0.1) is 0 Å². The number of alkyl carbamates (subject to hydrolysis) is 1. The number of amides is 2. The zero-order valence-electron chi connectivity index (χ0n) is 13.3. The van der Waals surface area contributed by atoms with Crippen LogP contribution >= 0.6 is 7.60 Å². The first kappa shape index (κ1) is 18.4. The summed E-state index contributed by atoms with van der Waals surface area (Å²) in [6.07, 6.45) is 0.0140. The van der Waals surface area contributed by atoms with Gasteiger partial charge < -0.3 is 24.7 Å². The van der Waals surface area contributed by atoms with E-state index < -0.39 is 31.4 Å². The molecule has 0 spiro atoms. The highest BCUT2D eigenvalue weighted by Gasteiger charge is 2.41. The Balaban J connectivity index is 1.87. The number of likely N-dealkylation sites (tertiary alicyclic amines) is 1. The summed E-state index contributed by atoms with van der Waals surface area (Å²) in [4.78, 5) is 43.9. The number of carbonyl (C=O) groups excluding carboxylic acids is 2. The summed E-state index contributed by atoms with van der Waals surface area (Å²) in [5, 5.41) is 2.39. The van der Waals surface area contributed by atoms with Gasteiger partial charge in [0.1, 0.15) is 18.4 Å². The number of nitrogens with one attached hydrogen (secondary N) is 1. The number of nitrogens with zero attached hydrogens (tertiary/aromatic N) is 1. The first-order chi connectivity index (χ1) is 11.3. The average molecular weight is 356 g/mol. The second kappa shape index (κ2) is 7.79. The quantitative estimate of drug-likeness (QED) is 0.687. The molecule has 0 saturated carbocycles. The molecule has 1 saturated heterocycles. The fraction of sp³-hybridized carbons (Fsp3) is 0.467. The SMILES string of the molecule is C[C@H](NC(=O)OCc1ccccc1)C(=O)N1CCCC1P(=O)(O)O. The largest absolute Gasteiger partial charge is 0.445 e. The summed E-state index contributed by atoms with van der Waals surface area (Å²) >= 11 is 0. The van der Waals surface area contributed by atoms with Gasteiger partial charge in [-0.05, 0) is 25.3 Å². The molecule has 24 heavy (non-hydrogen) atoms. The van der Waals surface area contributed by atoms with Crippen molar-refractivity contribution in [3.63, 3.8) is 0 Å². The molecular weight excluding hydrogens is 335 g/mol. The Labute approximate surface area is 140 Å². The van der Waals surface area contributed by atoms with Crippen molar-refractivity contribution in [2.75, 3.05) is 6.54 Å². The van der Waals surface area contributed by atoms with Crippen molar-refractivity contribution in [3.8, 4) is 0 Å². The topological polar surface area (TPSA) is 116 Å². The highest BCUT2D eigenvalue weighted by Crippen LogP contribution is 2.47. The molecule has 1 heterocycles. The van der Waals surface area contributed by atoms with Crippen LogP contribution in [0.4, 0.5) is 4.79 Å². The lowest BCUT2D eigenvalue weighted by atomic mass is 10.2. The highest BCUT2D eigenvalue weighted by atomic mass is 31.2. The van der Waals surface area contributed by atoms with E-state index in [2.05, 4.69) is 5.32 Å². The molecule has 0 bridgehead atoms. The van der Waals surface area contributed by atoms with Crippen molar-refractivity contribution < 1.29 is 28.7 Å². The summed E-state index contributed by atoms with van der Waals surface area (Å²) in [7, 11) is -4.39. The van der Waals surface area contributed by atoms with E-state index in [0.29, 0.717) is 6.42 Å². The van der Waals surface area contributed by atoms with Crippen LogP contribution in [0.3, 0.4) is 0 Å². The number of ether oxygens (including phenoxy) is 1. The van der Waals surface area contributed by atoms with Gasteiger partial charge in [0.05, 0.1) is 0 Å². The Bertz CT molecular complexity index is 632. The Morgan fingerprint density at radius 1 is 1.38 bits per heavy atom. The molecule has 9 heteroatoms. The molecular formula is C15H21N2O6P. The lowest BCUT2D eigenvalue weighted by molar-refractivity contribution is -0.132. The monoisotopic (exact) mass is 356 g/mol. The van der Waals surface area contributed by atoms with E-state index in [4.69, 9.17) is 4.74 Å². The first-order valence-corrected chi connectivity index (χ1v) is 9.30. The maximum absolute atomic E-state index is 12.3. The number of benzene rings is 1. The standard InChI is InChI=1S/C15H21N2O6P/c1-11(14(18)17-9-5-8-13(17)24(20,21)22)16-15(19)23-10-12-6-3-2-4-7-12/h2-4,6-7,11,13H,5,8-10H2,1H3,(H,16,19)(H2,20,21,22)/t11-,13?/m0/s1. The number of hydrogen-bond acceptors (Lipinski definition) is 4. The van der Waals surface area contributed by atoms with Gasteiger partial charge in [0.2, 0.25) is 5.91 Å². The van der Waals surface area contributed by atoms with Crippen LogP contribution in [-0.2, 0) is 20.7 Å². The zero-order valence-corrected chi connectivity index (χ0v) is 14.2. The molecule has 132 valence electrons. The van der Waals surface area contributed by atoms with Crippen molar-refractivity contribution in [1.29, 1.82) is 0 Å². The predicted molar refractivity (Wildman–Crippen MR) is 86.0 cm³/mol. The summed E-state index contributed by atoms with van der Waals surface area (Å²) in [6.45, 7) is 1.79. The van der Waals surface area contributed by atoms with Gasteiger partial charge in [0, 0.05) is 6.54 Å². The highest BCUT2D eigenvalue weighted by molar-refractivity contribution is 7.52. The molecule has 2 amide bonds. The summed E-state index contributed by atoms with van der Waals surface area (Å²) in [6, 6.07) is 8.16. The molecule has 2 rings (SSSR count). The van der Waals surface area contributed by atoms with E-state index in [1.807, 2.05) is 18.2 Å². The molecule has 0 aliphatic carbocycles. The smallest absolute Gasteiger partial charge is 0.408 e. The summed E-state index contributed by atoms with van der Waals surface area (Å²) in [5.41, 5.74) is 0.813. The molecule has 8 nitrogen and oxygen atoms in total. The summed E-state index contributed by atoms with van der Waals surface area (Å²) < 4.78 is 16.5. The third-order valence-corrected chi connectivity index (χ3v) is 5.12. The molecule has 3 N–H and O–H groups in total. The minimum absolute atomic E-state index is 0.0718. The van der Waals surface area contributed by atoms with Gasteiger partial charge in [-0.1, -0.05) is 30.3 Å². The van der Waals surface area contributed by atoms with Gasteiger partial charge >= 0.3 is 13.7 Å². The Morgan fingerprint density at radius 2 is 2.04 bits per heavy atom.